The number of likely N-dealkylation sites (tertiary alicyclic amines) is 2. The van der Waals surface area contributed by atoms with E-state index in [1.165, 1.54) is 7.11 Å². The SMILES string of the molecule is COC(=O)N[C@@H](C(=O)N1CCC[C@H]1c1ncc(-c2ccc(-c3ccc(-c4cnc([C@@H]5CCCN5C(=O)Cc5ccccc5Cl)[nH]4)cc3)cc2)[nH]1)c1ccccc1. The molecule has 6 aromatic rings. The zero-order valence-corrected chi connectivity index (χ0v) is 31.7. The minimum atomic E-state index is -0.872. The second-order valence-corrected chi connectivity index (χ2v) is 14.6. The molecule has 0 saturated carbocycles. The van der Waals surface area contributed by atoms with Crippen LogP contribution < -0.4 is 5.32 Å². The quantitative estimate of drug-likeness (QED) is 0.128. The minimum Gasteiger partial charge on any atom is -0.453 e. The van der Waals surface area contributed by atoms with Gasteiger partial charge in [-0.15, -0.1) is 0 Å². The Labute approximate surface area is 330 Å². The highest BCUT2D eigenvalue weighted by Crippen LogP contribution is 2.36. The third-order valence-corrected chi connectivity index (χ3v) is 11.2. The molecule has 0 spiro atoms. The molecule has 11 nitrogen and oxygen atoms in total. The van der Waals surface area contributed by atoms with Crippen LogP contribution in [0.4, 0.5) is 4.79 Å². The van der Waals surface area contributed by atoms with E-state index in [0.717, 1.165) is 70.7 Å². The molecular weight excluding hydrogens is 726 g/mol. The number of hydrogen-bond acceptors (Lipinski definition) is 6. The van der Waals surface area contributed by atoms with Gasteiger partial charge in [-0.2, -0.15) is 0 Å². The Bertz CT molecular complexity index is 2320. The van der Waals surface area contributed by atoms with Crippen molar-refractivity contribution in [2.24, 2.45) is 0 Å². The van der Waals surface area contributed by atoms with Crippen LogP contribution in [0.3, 0.4) is 0 Å². The number of hydrogen-bond donors (Lipinski definition) is 3. The summed E-state index contributed by atoms with van der Waals surface area (Å²) in [6.45, 7) is 1.26. The van der Waals surface area contributed by atoms with Crippen LogP contribution in [0.15, 0.2) is 116 Å². The number of methoxy groups -OCH3 is 1. The van der Waals surface area contributed by atoms with Crippen LogP contribution in [0.25, 0.3) is 33.6 Å². The van der Waals surface area contributed by atoms with Gasteiger partial charge in [0.2, 0.25) is 5.91 Å². The Morgan fingerprint density at radius 2 is 1.25 bits per heavy atom. The Morgan fingerprint density at radius 1 is 0.732 bits per heavy atom. The summed E-state index contributed by atoms with van der Waals surface area (Å²) in [5, 5.41) is 3.32. The number of nitrogens with zero attached hydrogens (tertiary/aromatic N) is 4. The van der Waals surface area contributed by atoms with Crippen molar-refractivity contribution in [1.82, 2.24) is 35.1 Å². The first-order chi connectivity index (χ1) is 27.4. The summed E-state index contributed by atoms with van der Waals surface area (Å²) in [5.41, 5.74) is 7.41. The van der Waals surface area contributed by atoms with Crippen LogP contribution in [0, 0.1) is 0 Å². The lowest BCUT2D eigenvalue weighted by Gasteiger charge is -2.28. The molecule has 3 atom stereocenters. The van der Waals surface area contributed by atoms with Crippen LogP contribution in [-0.2, 0) is 20.7 Å². The Hall–Kier alpha value is -6.20. The maximum absolute atomic E-state index is 13.9. The summed E-state index contributed by atoms with van der Waals surface area (Å²) in [4.78, 5) is 59.4. The predicted molar refractivity (Wildman–Crippen MR) is 214 cm³/mol. The van der Waals surface area contributed by atoms with Crippen molar-refractivity contribution in [2.45, 2.75) is 50.2 Å². The molecule has 8 rings (SSSR count). The van der Waals surface area contributed by atoms with E-state index in [1.54, 1.807) is 11.1 Å². The fourth-order valence-corrected chi connectivity index (χ4v) is 8.04. The molecule has 12 heteroatoms. The first-order valence-electron chi connectivity index (χ1n) is 18.9. The van der Waals surface area contributed by atoms with E-state index in [2.05, 4.69) is 63.8 Å². The molecule has 2 aliphatic rings. The topological polar surface area (TPSA) is 136 Å². The molecule has 284 valence electrons. The number of H-pyrrole nitrogens is 2. The monoisotopic (exact) mass is 767 g/mol. The first-order valence-corrected chi connectivity index (χ1v) is 19.3. The predicted octanol–water partition coefficient (Wildman–Crippen LogP) is 8.45. The number of aromatic nitrogens is 4. The molecule has 3 amide bonds. The molecule has 4 aromatic carbocycles. The van der Waals surface area contributed by atoms with Crippen LogP contribution in [0.5, 0.6) is 0 Å². The highest BCUT2D eigenvalue weighted by atomic mass is 35.5. The Kier molecular flexibility index (Phi) is 10.7. The number of imidazole rings is 2. The fraction of sp³-hybridized carbons (Fsp3) is 0.250. The number of carbonyl (C=O) groups is 3. The van der Waals surface area contributed by atoms with Gasteiger partial charge in [-0.1, -0.05) is 109 Å². The summed E-state index contributed by atoms with van der Waals surface area (Å²) in [7, 11) is 1.28. The number of rotatable bonds is 10. The highest BCUT2D eigenvalue weighted by Gasteiger charge is 2.37. The average Bonchev–Trinajstić information content (AvgIpc) is 4.08. The van der Waals surface area contributed by atoms with Gasteiger partial charge in [0, 0.05) is 18.1 Å². The summed E-state index contributed by atoms with van der Waals surface area (Å²) < 4.78 is 4.82. The molecule has 56 heavy (non-hydrogen) atoms. The van der Waals surface area contributed by atoms with Crippen LogP contribution in [-0.4, -0.2) is 67.8 Å². The fourth-order valence-electron chi connectivity index (χ4n) is 7.84. The number of carbonyl (C=O) groups excluding carboxylic acids is 3. The van der Waals surface area contributed by atoms with Crippen molar-refractivity contribution in [2.75, 3.05) is 20.2 Å². The van der Waals surface area contributed by atoms with Gasteiger partial charge < -0.3 is 29.8 Å². The summed E-state index contributed by atoms with van der Waals surface area (Å²) in [6, 6.07) is 32.1. The molecule has 0 radical (unpaired) electrons. The largest absolute Gasteiger partial charge is 0.453 e. The summed E-state index contributed by atoms with van der Waals surface area (Å²) in [6.07, 6.45) is 6.63. The van der Waals surface area contributed by atoms with Gasteiger partial charge in [0.15, 0.2) is 0 Å². The maximum atomic E-state index is 13.9. The van der Waals surface area contributed by atoms with E-state index in [1.807, 2.05) is 65.7 Å². The van der Waals surface area contributed by atoms with Gasteiger partial charge in [-0.3, -0.25) is 9.59 Å². The van der Waals surface area contributed by atoms with E-state index in [9.17, 15) is 14.4 Å². The van der Waals surface area contributed by atoms with E-state index in [-0.39, 0.29) is 30.3 Å². The van der Waals surface area contributed by atoms with Crippen molar-refractivity contribution in [3.8, 4) is 33.6 Å². The zero-order valence-electron chi connectivity index (χ0n) is 31.0. The standard InChI is InChI=1S/C44H42ClN7O4/c1-56-44(55)50-40(32-9-3-2-4-10-32)43(54)52-24-8-14-38(52)42-47-27-36(49-42)31-21-17-29(18-22-31)28-15-19-30(20-16-28)35-26-46-41(48-35)37-13-7-23-51(37)39(53)25-33-11-5-6-12-34(33)45/h2-6,9-12,15-22,26-27,37-38,40H,7-8,13-14,23-25H2,1H3,(H,46,48)(H,47,49)(H,50,55)/t37-,38-,40+/m0/s1. The normalized spacial score (nSPS) is 17.2. The van der Waals surface area contributed by atoms with Gasteiger partial charge in [-0.05, 0) is 65.1 Å². The van der Waals surface area contributed by atoms with Gasteiger partial charge >= 0.3 is 6.09 Å². The Balaban J connectivity index is 0.920. The van der Waals surface area contributed by atoms with Gasteiger partial charge in [0.05, 0.1) is 49.4 Å². The molecule has 4 heterocycles. The van der Waals surface area contributed by atoms with Crippen molar-refractivity contribution >= 4 is 29.5 Å². The second kappa shape index (κ2) is 16.3. The molecule has 0 aliphatic carbocycles. The van der Waals surface area contributed by atoms with Crippen LogP contribution in [0.1, 0.15) is 66.6 Å². The molecule has 2 aromatic heterocycles. The molecular formula is C44H42ClN7O4. The van der Waals surface area contributed by atoms with Gasteiger partial charge in [-0.25, -0.2) is 14.8 Å². The van der Waals surface area contributed by atoms with E-state index >= 15 is 0 Å². The number of halogens is 1. The number of nitrogens with one attached hydrogen (secondary N) is 3. The molecule has 2 saturated heterocycles. The van der Waals surface area contributed by atoms with Crippen molar-refractivity contribution in [1.29, 1.82) is 0 Å². The van der Waals surface area contributed by atoms with Crippen molar-refractivity contribution < 1.29 is 19.1 Å². The van der Waals surface area contributed by atoms with Crippen LogP contribution in [0.2, 0.25) is 5.02 Å². The average molecular weight is 768 g/mol. The van der Waals surface area contributed by atoms with Gasteiger partial charge in [0.25, 0.3) is 5.91 Å². The lowest BCUT2D eigenvalue weighted by molar-refractivity contribution is -0.134. The molecule has 0 bridgehead atoms. The van der Waals surface area contributed by atoms with Gasteiger partial charge in [0.1, 0.15) is 17.7 Å². The molecule has 2 fully saturated rings. The van der Waals surface area contributed by atoms with Crippen LogP contribution >= 0.6 is 11.6 Å². The first kappa shape index (κ1) is 36.8. The smallest absolute Gasteiger partial charge is 0.407 e. The number of aromatic amines is 2. The highest BCUT2D eigenvalue weighted by molar-refractivity contribution is 6.31. The number of amides is 3. The van der Waals surface area contributed by atoms with E-state index < -0.39 is 12.1 Å². The number of alkyl carbamates (subject to hydrolysis) is 1. The zero-order chi connectivity index (χ0) is 38.6. The third-order valence-electron chi connectivity index (χ3n) is 10.8. The number of benzene rings is 4. The molecule has 3 N–H and O–H groups in total. The third kappa shape index (κ3) is 7.67. The molecule has 2 aliphatic heterocycles. The minimum absolute atomic E-state index is 0.0536. The summed E-state index contributed by atoms with van der Waals surface area (Å²) in [5.74, 6) is 1.35. The summed E-state index contributed by atoms with van der Waals surface area (Å²) >= 11 is 6.34. The second-order valence-electron chi connectivity index (χ2n) is 14.2. The maximum Gasteiger partial charge on any atom is 0.407 e. The van der Waals surface area contributed by atoms with Crippen molar-refractivity contribution in [3.63, 3.8) is 0 Å². The van der Waals surface area contributed by atoms with E-state index in [0.29, 0.717) is 29.5 Å². The lowest BCUT2D eigenvalue weighted by Crippen LogP contribution is -2.42. The van der Waals surface area contributed by atoms with Crippen molar-refractivity contribution in [3.05, 3.63) is 143 Å². The lowest BCUT2D eigenvalue weighted by atomic mass is 10.0. The number of ether oxygens (including phenoxy) is 1. The van der Waals surface area contributed by atoms with E-state index in [4.69, 9.17) is 26.3 Å². The Morgan fingerprint density at radius 3 is 1.82 bits per heavy atom. The molecule has 0 unspecified atom stereocenters.